The smallest absolute Gasteiger partial charge is 0.248 e. The molecule has 1 amide bonds. The van der Waals surface area contributed by atoms with Crippen LogP contribution in [0.25, 0.3) is 0 Å². The number of nitrogens with zero attached hydrogens (tertiary/aromatic N) is 1. The van der Waals surface area contributed by atoms with Crippen LogP contribution < -0.4 is 0 Å². The number of thiol groups is 1. The molecule has 0 aromatic rings. The maximum absolute atomic E-state index is 11.6. The molecule has 7 heteroatoms. The van der Waals surface area contributed by atoms with Gasteiger partial charge in [-0.2, -0.15) is 0 Å². The second kappa shape index (κ2) is 11.2. The molecule has 0 saturated heterocycles. The number of carbonyl (C=O) groups excluding carboxylic acids is 2. The van der Waals surface area contributed by atoms with Crippen LogP contribution >= 0.6 is 24.8 Å². The number of carbonyl (C=O) groups is 2. The van der Waals surface area contributed by atoms with E-state index in [1.807, 2.05) is 13.8 Å². The molecule has 5 nitrogen and oxygen atoms in total. The Bertz CT molecular complexity index is 306. The van der Waals surface area contributed by atoms with E-state index >= 15 is 0 Å². The lowest BCUT2D eigenvalue weighted by Gasteiger charge is -2.18. The molecular weight excluding hydrogens is 286 g/mol. The van der Waals surface area contributed by atoms with Crippen molar-refractivity contribution in [1.29, 1.82) is 0 Å². The van der Waals surface area contributed by atoms with Gasteiger partial charge >= 0.3 is 0 Å². The molecule has 110 valence electrons. The maximum Gasteiger partial charge on any atom is 0.248 e. The van der Waals surface area contributed by atoms with Gasteiger partial charge in [0.2, 0.25) is 5.91 Å². The molecule has 0 heterocycles. The first-order valence-electron chi connectivity index (χ1n) is 6.24. The highest BCUT2D eigenvalue weighted by Gasteiger charge is 2.09. The van der Waals surface area contributed by atoms with E-state index in [1.54, 1.807) is 4.90 Å². The van der Waals surface area contributed by atoms with Crippen LogP contribution in [-0.2, 0) is 19.1 Å². The van der Waals surface area contributed by atoms with Gasteiger partial charge in [-0.25, -0.2) is 0 Å². The lowest BCUT2D eigenvalue weighted by atomic mass is 10.3. The molecule has 0 atom stereocenters. The van der Waals surface area contributed by atoms with Crippen molar-refractivity contribution in [3.8, 4) is 0 Å². The Hall–Kier alpha value is -0.660. The zero-order chi connectivity index (χ0) is 14.7. The molecule has 0 radical (unpaired) electrons. The van der Waals surface area contributed by atoms with Crippen molar-refractivity contribution in [3.05, 3.63) is 0 Å². The van der Waals surface area contributed by atoms with Crippen LogP contribution in [0.1, 0.15) is 26.7 Å². The summed E-state index contributed by atoms with van der Waals surface area (Å²) in [4.78, 5) is 23.9. The van der Waals surface area contributed by atoms with Gasteiger partial charge in [-0.15, -0.1) is 12.6 Å². The number of likely N-dealkylation sites (N-methyl/N-ethyl adjacent to an activating group) is 1. The zero-order valence-corrected chi connectivity index (χ0v) is 13.1. The molecule has 0 fully saturated rings. The van der Waals surface area contributed by atoms with Crippen molar-refractivity contribution in [1.82, 2.24) is 4.90 Å². The van der Waals surface area contributed by atoms with Crippen LogP contribution in [0.5, 0.6) is 0 Å². The van der Waals surface area contributed by atoms with E-state index in [-0.39, 0.29) is 30.7 Å². The fourth-order valence-electron chi connectivity index (χ4n) is 1.32. The number of ether oxygens (including phenoxy) is 2. The highest BCUT2D eigenvalue weighted by Crippen LogP contribution is 1.99. The number of thiocarbonyl (C=S) groups is 1. The number of hydrogen-bond donors (Lipinski definition) is 1. The second-order valence-corrected chi connectivity index (χ2v) is 4.69. The summed E-state index contributed by atoms with van der Waals surface area (Å²) in [6, 6.07) is 0. The third-order valence-electron chi connectivity index (χ3n) is 2.38. The Morgan fingerprint density at radius 3 is 2.32 bits per heavy atom. The molecule has 0 aromatic carbocycles. The average molecular weight is 307 g/mol. The van der Waals surface area contributed by atoms with Crippen molar-refractivity contribution >= 4 is 40.9 Å². The van der Waals surface area contributed by atoms with Gasteiger partial charge in [-0.1, -0.05) is 0 Å². The monoisotopic (exact) mass is 307 g/mol. The predicted octanol–water partition coefficient (Wildman–Crippen LogP) is 1.45. The Kier molecular flexibility index (Phi) is 10.8. The summed E-state index contributed by atoms with van der Waals surface area (Å²) in [6.07, 6.45) is 0.652. The number of rotatable bonds is 10. The Morgan fingerprint density at radius 2 is 1.79 bits per heavy atom. The standard InChI is InChI=1S/C12H21NO4S2/c1-3-13(4-2)10(14)9-16-7-8-17-12(19)6-5-11(15)18/h3-9H2,1-2H3,(H,15,18). The molecule has 0 aliphatic rings. The molecule has 0 unspecified atom stereocenters. The van der Waals surface area contributed by atoms with Crippen molar-refractivity contribution in [2.75, 3.05) is 32.9 Å². The number of hydrogen-bond acceptors (Lipinski definition) is 5. The minimum Gasteiger partial charge on any atom is -0.485 e. The van der Waals surface area contributed by atoms with Gasteiger partial charge in [0.1, 0.15) is 13.2 Å². The lowest BCUT2D eigenvalue weighted by molar-refractivity contribution is -0.136. The van der Waals surface area contributed by atoms with E-state index in [0.29, 0.717) is 31.2 Å². The molecule has 0 bridgehead atoms. The van der Waals surface area contributed by atoms with Gasteiger partial charge < -0.3 is 14.4 Å². The summed E-state index contributed by atoms with van der Waals surface area (Å²) in [7, 11) is 0. The van der Waals surface area contributed by atoms with Crippen LogP contribution in [0.3, 0.4) is 0 Å². The predicted molar refractivity (Wildman–Crippen MR) is 80.5 cm³/mol. The Labute approximate surface area is 125 Å². The van der Waals surface area contributed by atoms with E-state index in [4.69, 9.17) is 21.7 Å². The highest BCUT2D eigenvalue weighted by atomic mass is 32.1. The van der Waals surface area contributed by atoms with Gasteiger partial charge in [0.15, 0.2) is 10.2 Å². The first-order valence-corrected chi connectivity index (χ1v) is 7.09. The van der Waals surface area contributed by atoms with Crippen LogP contribution in [-0.4, -0.2) is 53.9 Å². The lowest BCUT2D eigenvalue weighted by Crippen LogP contribution is -2.33. The summed E-state index contributed by atoms with van der Waals surface area (Å²) in [5.74, 6) is -0.0340. The van der Waals surface area contributed by atoms with Crippen molar-refractivity contribution < 1.29 is 19.1 Å². The van der Waals surface area contributed by atoms with Crippen molar-refractivity contribution in [3.63, 3.8) is 0 Å². The van der Waals surface area contributed by atoms with Crippen molar-refractivity contribution in [2.45, 2.75) is 26.7 Å². The quantitative estimate of drug-likeness (QED) is 0.376. The van der Waals surface area contributed by atoms with E-state index in [2.05, 4.69) is 12.6 Å². The second-order valence-electron chi connectivity index (χ2n) is 3.73. The Balaban J connectivity index is 3.57. The maximum atomic E-state index is 11.6. The van der Waals surface area contributed by atoms with Crippen LogP contribution in [0.15, 0.2) is 0 Å². The van der Waals surface area contributed by atoms with Gasteiger partial charge in [0, 0.05) is 25.9 Å². The topological polar surface area (TPSA) is 55.8 Å². The van der Waals surface area contributed by atoms with E-state index in [9.17, 15) is 9.59 Å². The van der Waals surface area contributed by atoms with Gasteiger partial charge in [-0.3, -0.25) is 9.59 Å². The molecule has 0 aliphatic carbocycles. The normalized spacial score (nSPS) is 10.1. The minimum absolute atomic E-state index is 0.0340. The Morgan fingerprint density at radius 1 is 1.16 bits per heavy atom. The fraction of sp³-hybridized carbons (Fsp3) is 0.750. The number of amides is 1. The van der Waals surface area contributed by atoms with Crippen molar-refractivity contribution in [2.24, 2.45) is 0 Å². The average Bonchev–Trinajstić information content (AvgIpc) is 2.37. The van der Waals surface area contributed by atoms with Gasteiger partial charge in [-0.05, 0) is 26.1 Å². The molecule has 0 rings (SSSR count). The summed E-state index contributed by atoms with van der Waals surface area (Å²) >= 11 is 8.55. The fourth-order valence-corrected chi connectivity index (χ4v) is 1.62. The van der Waals surface area contributed by atoms with Crippen LogP contribution in [0.4, 0.5) is 0 Å². The molecule has 0 aliphatic heterocycles. The minimum atomic E-state index is -0.216. The molecule has 19 heavy (non-hydrogen) atoms. The third kappa shape index (κ3) is 9.86. The molecule has 0 spiro atoms. The summed E-state index contributed by atoms with van der Waals surface area (Å²) < 4.78 is 10.4. The van der Waals surface area contributed by atoms with Crippen LogP contribution in [0.2, 0.25) is 0 Å². The van der Waals surface area contributed by atoms with Gasteiger partial charge in [0.25, 0.3) is 0 Å². The zero-order valence-electron chi connectivity index (χ0n) is 11.4. The molecule has 0 saturated carbocycles. The summed E-state index contributed by atoms with van der Waals surface area (Å²) in [5.41, 5.74) is 0. The van der Waals surface area contributed by atoms with E-state index in [0.717, 1.165) is 0 Å². The van der Waals surface area contributed by atoms with E-state index < -0.39 is 0 Å². The SMILES string of the molecule is CCN(CC)C(=O)COCCOC(=S)CCC(=O)S. The van der Waals surface area contributed by atoms with Crippen LogP contribution in [0, 0.1) is 0 Å². The van der Waals surface area contributed by atoms with E-state index in [1.165, 1.54) is 0 Å². The first kappa shape index (κ1) is 18.3. The molecular formula is C12H21NO4S2. The summed E-state index contributed by atoms with van der Waals surface area (Å²) in [5, 5.41) is 0.146. The third-order valence-corrected chi connectivity index (χ3v) is 2.92. The largest absolute Gasteiger partial charge is 0.485 e. The first-order chi connectivity index (χ1) is 9.01. The highest BCUT2D eigenvalue weighted by molar-refractivity contribution is 7.96. The molecule has 0 aromatic heterocycles. The summed E-state index contributed by atoms with van der Waals surface area (Å²) in [6.45, 7) is 5.82. The molecule has 0 N–H and O–H groups in total. The van der Waals surface area contributed by atoms with Gasteiger partial charge in [0.05, 0.1) is 6.61 Å².